The zero-order valence-electron chi connectivity index (χ0n) is 14.5. The molecule has 6 nitrogen and oxygen atoms in total. The third-order valence-electron chi connectivity index (χ3n) is 3.46. The second-order valence-corrected chi connectivity index (χ2v) is 8.56. The summed E-state index contributed by atoms with van der Waals surface area (Å²) in [7, 11) is -2.14. The molecule has 0 aliphatic heterocycles. The van der Waals surface area contributed by atoms with Crippen molar-refractivity contribution in [2.24, 2.45) is 0 Å². The minimum absolute atomic E-state index is 0.345. The average Bonchev–Trinajstić information content (AvgIpc) is 2.59. The van der Waals surface area contributed by atoms with E-state index >= 15 is 0 Å². The van der Waals surface area contributed by atoms with Crippen molar-refractivity contribution in [2.45, 2.75) is 4.90 Å². The number of carbonyl (C=O) groups is 1. The first-order valence-corrected chi connectivity index (χ1v) is 10.9. The summed E-state index contributed by atoms with van der Waals surface area (Å²) >= 11 is 7.52. The lowest BCUT2D eigenvalue weighted by atomic mass is 10.3. The maximum Gasteiger partial charge on any atom is 0.245 e. The smallest absolute Gasteiger partial charge is 0.245 e. The van der Waals surface area contributed by atoms with E-state index in [1.165, 1.54) is 24.9 Å². The molecule has 140 valence electrons. The number of methoxy groups -OCH3 is 1. The van der Waals surface area contributed by atoms with Gasteiger partial charge in [-0.05, 0) is 42.7 Å². The highest BCUT2D eigenvalue weighted by molar-refractivity contribution is 7.98. The first kappa shape index (κ1) is 20.4. The third kappa shape index (κ3) is 5.30. The maximum atomic E-state index is 12.4. The summed E-state index contributed by atoms with van der Waals surface area (Å²) < 4.78 is 30.4. The van der Waals surface area contributed by atoms with Gasteiger partial charge in [-0.3, -0.25) is 9.10 Å². The highest BCUT2D eigenvalue weighted by Gasteiger charge is 2.21. The van der Waals surface area contributed by atoms with Gasteiger partial charge in [0.05, 0.1) is 24.1 Å². The molecule has 2 aromatic carbocycles. The predicted molar refractivity (Wildman–Crippen MR) is 107 cm³/mol. The highest BCUT2D eigenvalue weighted by atomic mass is 35.5. The molecule has 0 unspecified atom stereocenters. The molecular weight excluding hydrogens is 396 g/mol. The molecule has 26 heavy (non-hydrogen) atoms. The van der Waals surface area contributed by atoms with E-state index in [0.717, 1.165) is 15.5 Å². The Bertz CT molecular complexity index is 903. The number of nitrogens with one attached hydrogen (secondary N) is 1. The Morgan fingerprint density at radius 2 is 2.00 bits per heavy atom. The average molecular weight is 415 g/mol. The van der Waals surface area contributed by atoms with Gasteiger partial charge in [0.2, 0.25) is 15.9 Å². The van der Waals surface area contributed by atoms with Crippen molar-refractivity contribution in [3.05, 3.63) is 47.5 Å². The Morgan fingerprint density at radius 3 is 2.58 bits per heavy atom. The molecule has 9 heteroatoms. The molecule has 0 heterocycles. The molecule has 0 aromatic heterocycles. The van der Waals surface area contributed by atoms with Crippen molar-refractivity contribution in [1.82, 2.24) is 0 Å². The first-order valence-electron chi connectivity index (χ1n) is 7.49. The predicted octanol–water partition coefficient (Wildman–Crippen LogP) is 3.48. The lowest BCUT2D eigenvalue weighted by Gasteiger charge is -2.22. The van der Waals surface area contributed by atoms with Crippen molar-refractivity contribution in [2.75, 3.05) is 35.8 Å². The second-order valence-electron chi connectivity index (χ2n) is 5.37. The largest absolute Gasteiger partial charge is 0.495 e. The number of sulfonamides is 1. The number of carbonyl (C=O) groups excluding carboxylic acids is 1. The normalized spacial score (nSPS) is 11.1. The Hall–Kier alpha value is -1.90. The van der Waals surface area contributed by atoms with Crippen LogP contribution in [0.3, 0.4) is 0 Å². The van der Waals surface area contributed by atoms with Gasteiger partial charge in [0.25, 0.3) is 0 Å². The third-order valence-corrected chi connectivity index (χ3v) is 5.63. The molecule has 0 fully saturated rings. The fraction of sp³-hybridized carbons (Fsp3) is 0.235. The molecule has 0 saturated heterocycles. The lowest BCUT2D eigenvalue weighted by molar-refractivity contribution is -0.114. The van der Waals surface area contributed by atoms with Gasteiger partial charge in [-0.15, -0.1) is 11.8 Å². The SMILES string of the molecule is COc1ccc(NC(=O)CN(c2cccc(SC)c2)S(C)(=O)=O)cc1Cl. The fourth-order valence-electron chi connectivity index (χ4n) is 2.24. The number of amides is 1. The van der Waals surface area contributed by atoms with E-state index in [9.17, 15) is 13.2 Å². The van der Waals surface area contributed by atoms with Crippen LogP contribution < -0.4 is 14.4 Å². The van der Waals surface area contributed by atoms with Gasteiger partial charge in [-0.25, -0.2) is 8.42 Å². The molecule has 0 bridgehead atoms. The molecule has 0 spiro atoms. The van der Waals surface area contributed by atoms with Gasteiger partial charge >= 0.3 is 0 Å². The van der Waals surface area contributed by atoms with Gasteiger partial charge in [-0.2, -0.15) is 0 Å². The van der Waals surface area contributed by atoms with Crippen LogP contribution in [0.15, 0.2) is 47.4 Å². The first-order chi connectivity index (χ1) is 12.2. The lowest BCUT2D eigenvalue weighted by Crippen LogP contribution is -2.37. The maximum absolute atomic E-state index is 12.4. The van der Waals surface area contributed by atoms with Crippen molar-refractivity contribution in [3.63, 3.8) is 0 Å². The topological polar surface area (TPSA) is 75.7 Å². The molecular formula is C17H19ClN2O4S2. The van der Waals surface area contributed by atoms with Crippen molar-refractivity contribution in [1.29, 1.82) is 0 Å². The molecule has 0 aliphatic rings. The van der Waals surface area contributed by atoms with Gasteiger partial charge in [0, 0.05) is 10.6 Å². The highest BCUT2D eigenvalue weighted by Crippen LogP contribution is 2.27. The van der Waals surface area contributed by atoms with Crippen molar-refractivity contribution >= 4 is 50.7 Å². The van der Waals surface area contributed by atoms with Crippen LogP contribution in [0.1, 0.15) is 0 Å². The number of halogens is 1. The van der Waals surface area contributed by atoms with Crippen LogP contribution in [-0.4, -0.2) is 40.5 Å². The van der Waals surface area contributed by atoms with E-state index in [4.69, 9.17) is 16.3 Å². The number of benzene rings is 2. The summed E-state index contributed by atoms with van der Waals surface area (Å²) in [5, 5.41) is 2.99. The van der Waals surface area contributed by atoms with Crippen LogP contribution in [0.4, 0.5) is 11.4 Å². The van der Waals surface area contributed by atoms with E-state index < -0.39 is 15.9 Å². The summed E-state index contributed by atoms with van der Waals surface area (Å²) in [4.78, 5) is 13.3. The molecule has 0 aliphatic carbocycles. The van der Waals surface area contributed by atoms with Gasteiger partial charge in [0.15, 0.2) is 0 Å². The van der Waals surface area contributed by atoms with Crippen LogP contribution in [-0.2, 0) is 14.8 Å². The van der Waals surface area contributed by atoms with E-state index in [1.54, 1.807) is 30.3 Å². The minimum Gasteiger partial charge on any atom is -0.495 e. The Kier molecular flexibility index (Phi) is 6.80. The van der Waals surface area contributed by atoms with Crippen LogP contribution >= 0.6 is 23.4 Å². The number of hydrogen-bond donors (Lipinski definition) is 1. The number of nitrogens with zero attached hydrogens (tertiary/aromatic N) is 1. The fourth-order valence-corrected chi connectivity index (χ4v) is 3.80. The quantitative estimate of drug-likeness (QED) is 0.702. The molecule has 1 N–H and O–H groups in total. The van der Waals surface area contributed by atoms with Gasteiger partial charge in [-0.1, -0.05) is 17.7 Å². The summed E-state index contributed by atoms with van der Waals surface area (Å²) in [6, 6.07) is 11.8. The number of rotatable bonds is 7. The molecule has 0 atom stereocenters. The van der Waals surface area contributed by atoms with E-state index in [2.05, 4.69) is 5.32 Å². The van der Waals surface area contributed by atoms with Crippen LogP contribution in [0.25, 0.3) is 0 Å². The molecule has 2 aromatic rings. The minimum atomic E-state index is -3.63. The van der Waals surface area contributed by atoms with E-state index in [-0.39, 0.29) is 6.54 Å². The van der Waals surface area contributed by atoms with Gasteiger partial charge < -0.3 is 10.1 Å². The summed E-state index contributed by atoms with van der Waals surface area (Å²) in [5.41, 5.74) is 0.884. The molecule has 1 amide bonds. The molecule has 0 saturated carbocycles. The van der Waals surface area contributed by atoms with Gasteiger partial charge in [0.1, 0.15) is 12.3 Å². The molecule has 0 radical (unpaired) electrons. The number of thioether (sulfide) groups is 1. The van der Waals surface area contributed by atoms with Crippen LogP contribution in [0, 0.1) is 0 Å². The summed E-state index contributed by atoms with van der Waals surface area (Å²) in [6.45, 7) is -0.347. The molecule has 2 rings (SSSR count). The Labute approximate surface area is 162 Å². The van der Waals surface area contributed by atoms with E-state index in [0.29, 0.717) is 22.1 Å². The van der Waals surface area contributed by atoms with Crippen LogP contribution in [0.2, 0.25) is 5.02 Å². The zero-order chi connectivity index (χ0) is 19.3. The number of anilines is 2. The van der Waals surface area contributed by atoms with Crippen LogP contribution in [0.5, 0.6) is 5.75 Å². The zero-order valence-corrected chi connectivity index (χ0v) is 16.9. The van der Waals surface area contributed by atoms with Crippen molar-refractivity contribution < 1.29 is 17.9 Å². The number of hydrogen-bond acceptors (Lipinski definition) is 5. The number of ether oxygens (including phenoxy) is 1. The van der Waals surface area contributed by atoms with E-state index in [1.807, 2.05) is 12.3 Å². The summed E-state index contributed by atoms with van der Waals surface area (Å²) in [5.74, 6) is 0.00234. The monoisotopic (exact) mass is 414 g/mol. The van der Waals surface area contributed by atoms with Crippen molar-refractivity contribution in [3.8, 4) is 5.75 Å². The Morgan fingerprint density at radius 1 is 1.27 bits per heavy atom. The summed E-state index contributed by atoms with van der Waals surface area (Å²) in [6.07, 6.45) is 2.96. The standard InChI is InChI=1S/C17H19ClN2O4S2/c1-24-16-8-7-12(9-15(16)18)19-17(21)11-20(26(3,22)23)13-5-4-6-14(10-13)25-2/h4-10H,11H2,1-3H3,(H,19,21). The second kappa shape index (κ2) is 8.66. The Balaban J connectivity index is 2.20.